The van der Waals surface area contributed by atoms with E-state index in [4.69, 9.17) is 15.0 Å². The Morgan fingerprint density at radius 2 is 1.14 bits per heavy atom. The summed E-state index contributed by atoms with van der Waals surface area (Å²) < 4.78 is 4.80. The van der Waals surface area contributed by atoms with Crippen LogP contribution in [0.4, 0.5) is 0 Å². The fourth-order valence-electron chi connectivity index (χ4n) is 9.64. The molecule has 1 unspecified atom stereocenters. The van der Waals surface area contributed by atoms with Gasteiger partial charge in [-0.05, 0) is 103 Å². The maximum atomic E-state index is 9.48. The van der Waals surface area contributed by atoms with Crippen LogP contribution in [-0.2, 0) is 5.41 Å². The number of benzene rings is 5. The topological polar surface area (TPSA) is 62.5 Å². The highest BCUT2D eigenvalue weighted by molar-refractivity contribution is 7.26. The molecule has 0 spiro atoms. The van der Waals surface area contributed by atoms with E-state index in [1.807, 2.05) is 23.5 Å². The van der Waals surface area contributed by atoms with Crippen LogP contribution < -0.4 is 0 Å². The summed E-state index contributed by atoms with van der Waals surface area (Å²) in [6, 6.07) is 39.1. The molecule has 2 aliphatic rings. The van der Waals surface area contributed by atoms with Gasteiger partial charge < -0.3 is 0 Å². The SMILES string of the molecule is C[C@@H]1C[C@@H]2C[C@H](C)CC(c3ccc(-c4nc(-c5ccc6c(c5)sc5cc(C#N)ccc56)nc(-c5ccc6sc7ccccc7c6c5)n4)cc3)(C1)C2. The number of fused-ring (bicyclic) bond motifs is 8. The molecule has 8 aromatic rings. The van der Waals surface area contributed by atoms with E-state index in [0.717, 1.165) is 43.8 Å². The highest BCUT2D eigenvalue weighted by Gasteiger charge is 2.45. The molecule has 10 rings (SSSR count). The van der Waals surface area contributed by atoms with E-state index in [9.17, 15) is 5.26 Å². The Morgan fingerprint density at radius 3 is 1.88 bits per heavy atom. The van der Waals surface area contributed by atoms with Crippen LogP contribution in [0.15, 0.2) is 103 Å². The quantitative estimate of drug-likeness (QED) is 0.184. The maximum Gasteiger partial charge on any atom is 0.164 e. The van der Waals surface area contributed by atoms with E-state index in [1.54, 1.807) is 11.3 Å². The van der Waals surface area contributed by atoms with Crippen LogP contribution in [0, 0.1) is 29.1 Å². The Labute approximate surface area is 305 Å². The molecule has 6 heteroatoms. The summed E-state index contributed by atoms with van der Waals surface area (Å²) >= 11 is 3.53. The summed E-state index contributed by atoms with van der Waals surface area (Å²) in [4.78, 5) is 15.5. The molecule has 4 atom stereocenters. The smallest absolute Gasteiger partial charge is 0.164 e. The largest absolute Gasteiger partial charge is 0.208 e. The van der Waals surface area contributed by atoms with Gasteiger partial charge in [-0.15, -0.1) is 22.7 Å². The van der Waals surface area contributed by atoms with Gasteiger partial charge in [-0.3, -0.25) is 0 Å². The monoisotopic (exact) mass is 696 g/mol. The van der Waals surface area contributed by atoms with Gasteiger partial charge in [0.2, 0.25) is 0 Å². The fraction of sp³-hybridized carbons (Fsp3) is 0.244. The highest BCUT2D eigenvalue weighted by atomic mass is 32.1. The Morgan fingerprint density at radius 1 is 0.569 bits per heavy atom. The molecule has 2 fully saturated rings. The number of rotatable bonds is 4. The van der Waals surface area contributed by atoms with Gasteiger partial charge >= 0.3 is 0 Å². The zero-order valence-corrected chi connectivity index (χ0v) is 30.3. The first kappa shape index (κ1) is 30.8. The fourth-order valence-corrected chi connectivity index (χ4v) is 11.9. The molecule has 2 saturated carbocycles. The predicted molar refractivity (Wildman–Crippen MR) is 213 cm³/mol. The van der Waals surface area contributed by atoms with Gasteiger partial charge in [-0.2, -0.15) is 5.26 Å². The van der Waals surface area contributed by atoms with Crippen molar-refractivity contribution in [3.63, 3.8) is 0 Å². The molecule has 3 heterocycles. The molecule has 0 radical (unpaired) electrons. The summed E-state index contributed by atoms with van der Waals surface area (Å²) in [5.41, 5.74) is 5.39. The van der Waals surface area contributed by atoms with Crippen molar-refractivity contribution in [2.24, 2.45) is 17.8 Å². The summed E-state index contributed by atoms with van der Waals surface area (Å²) in [5, 5.41) is 14.3. The molecule has 5 aromatic carbocycles. The van der Waals surface area contributed by atoms with Gasteiger partial charge in [-0.25, -0.2) is 15.0 Å². The summed E-state index contributed by atoms with van der Waals surface area (Å²) in [6.07, 6.45) is 6.64. The van der Waals surface area contributed by atoms with Crippen LogP contribution in [-0.4, -0.2) is 15.0 Å². The second kappa shape index (κ2) is 11.8. The van der Waals surface area contributed by atoms with Gasteiger partial charge in [0.1, 0.15) is 0 Å². The van der Waals surface area contributed by atoms with Gasteiger partial charge in [0, 0.05) is 57.0 Å². The lowest BCUT2D eigenvalue weighted by atomic mass is 9.54. The van der Waals surface area contributed by atoms with Crippen LogP contribution in [0.1, 0.15) is 57.1 Å². The summed E-state index contributed by atoms with van der Waals surface area (Å²) in [5.74, 6) is 4.42. The molecule has 0 N–H and O–H groups in total. The predicted octanol–water partition coefficient (Wildman–Crippen LogP) is 12.6. The molecule has 2 aliphatic carbocycles. The van der Waals surface area contributed by atoms with E-state index in [-0.39, 0.29) is 5.41 Å². The van der Waals surface area contributed by atoms with E-state index < -0.39 is 0 Å². The summed E-state index contributed by atoms with van der Waals surface area (Å²) in [7, 11) is 0. The van der Waals surface area contributed by atoms with Crippen molar-refractivity contribution in [3.05, 3.63) is 114 Å². The van der Waals surface area contributed by atoms with Crippen LogP contribution in [0.2, 0.25) is 0 Å². The van der Waals surface area contributed by atoms with Gasteiger partial charge in [0.05, 0.1) is 11.6 Å². The van der Waals surface area contributed by atoms with Crippen molar-refractivity contribution < 1.29 is 0 Å². The molecule has 4 nitrogen and oxygen atoms in total. The van der Waals surface area contributed by atoms with Crippen LogP contribution in [0.3, 0.4) is 0 Å². The average Bonchev–Trinajstić information content (AvgIpc) is 3.71. The Balaban J connectivity index is 1.11. The number of thiophene rings is 2. The lowest BCUT2D eigenvalue weighted by Gasteiger charge is -2.50. The van der Waals surface area contributed by atoms with Gasteiger partial charge in [0.25, 0.3) is 0 Å². The molecular weight excluding hydrogens is 661 g/mol. The van der Waals surface area contributed by atoms with Crippen LogP contribution in [0.25, 0.3) is 74.5 Å². The minimum absolute atomic E-state index is 0.278. The first-order valence-electron chi connectivity index (χ1n) is 18.1. The number of hydrogen-bond acceptors (Lipinski definition) is 6. The number of aromatic nitrogens is 3. The number of hydrogen-bond donors (Lipinski definition) is 0. The van der Waals surface area contributed by atoms with Crippen molar-refractivity contribution in [1.29, 1.82) is 5.26 Å². The van der Waals surface area contributed by atoms with Crippen molar-refractivity contribution in [3.8, 4) is 40.2 Å². The zero-order chi connectivity index (χ0) is 34.3. The Bertz CT molecular complexity index is 2680. The molecule has 2 bridgehead atoms. The lowest BCUT2D eigenvalue weighted by molar-refractivity contribution is 0.0780. The maximum absolute atomic E-state index is 9.48. The van der Waals surface area contributed by atoms with Crippen molar-refractivity contribution in [1.82, 2.24) is 15.0 Å². The molecule has 51 heavy (non-hydrogen) atoms. The third kappa shape index (κ3) is 5.25. The van der Waals surface area contributed by atoms with E-state index >= 15 is 0 Å². The van der Waals surface area contributed by atoms with Gasteiger partial charge in [0.15, 0.2) is 17.5 Å². The Hall–Kier alpha value is -4.96. The van der Waals surface area contributed by atoms with E-state index in [1.165, 1.54) is 68.6 Å². The minimum atomic E-state index is 0.278. The lowest BCUT2D eigenvalue weighted by Crippen LogP contribution is -2.42. The third-order valence-electron chi connectivity index (χ3n) is 11.5. The van der Waals surface area contributed by atoms with E-state index in [0.29, 0.717) is 23.0 Å². The van der Waals surface area contributed by atoms with Crippen molar-refractivity contribution in [2.75, 3.05) is 0 Å². The molecule has 0 amide bonds. The second-order valence-corrected chi connectivity index (χ2v) is 17.4. The first-order valence-corrected chi connectivity index (χ1v) is 19.7. The standard InChI is InChI=1S/C45H36N4S2/c1-26-17-29-18-27(2)23-45(22-26,24-29)33-12-8-30(9-13-33)42-47-43(31-11-16-39-37(20-31)34-5-3-4-6-38(34)50-39)49-44(48-42)32-10-15-36-35-14-7-28(25-46)19-40(35)51-41(36)21-32/h3-16,19-21,26-27,29H,17-18,22-24H2,1-2H3/t26-,27+,29-,45?. The highest BCUT2D eigenvalue weighted by Crippen LogP contribution is 2.54. The molecule has 248 valence electrons. The number of nitrogens with zero attached hydrogens (tertiary/aromatic N) is 4. The third-order valence-corrected chi connectivity index (χ3v) is 13.8. The molecule has 0 aliphatic heterocycles. The second-order valence-electron chi connectivity index (χ2n) is 15.3. The number of nitriles is 1. The average molecular weight is 697 g/mol. The van der Waals surface area contributed by atoms with Crippen LogP contribution in [0.5, 0.6) is 0 Å². The summed E-state index contributed by atoms with van der Waals surface area (Å²) in [6.45, 7) is 4.91. The normalized spacial score (nSPS) is 21.8. The first-order chi connectivity index (χ1) is 24.9. The van der Waals surface area contributed by atoms with Crippen molar-refractivity contribution >= 4 is 63.0 Å². The molecule has 0 saturated heterocycles. The Kier molecular flexibility index (Phi) is 7.13. The van der Waals surface area contributed by atoms with Crippen LogP contribution >= 0.6 is 22.7 Å². The van der Waals surface area contributed by atoms with E-state index in [2.05, 4.69) is 111 Å². The van der Waals surface area contributed by atoms with Crippen molar-refractivity contribution in [2.45, 2.75) is 51.4 Å². The van der Waals surface area contributed by atoms with Gasteiger partial charge in [-0.1, -0.05) is 74.5 Å². The zero-order valence-electron chi connectivity index (χ0n) is 28.7. The molecular formula is C45H36N4S2. The molecule has 3 aromatic heterocycles. The minimum Gasteiger partial charge on any atom is -0.208 e.